The average molecular weight is 247 g/mol. The maximum Gasteiger partial charge on any atom is 0 e. The molecule has 6 heteroatoms. The Morgan fingerprint density at radius 1 is 1.00 bits per heavy atom. The Labute approximate surface area is 69.7 Å². The Kier molecular flexibility index (Phi) is 717. The zero-order valence-electron chi connectivity index (χ0n) is 2.49. The molecule has 0 amide bonds. The Bertz CT molecular complexity index is 10.8. The molecule has 0 aromatic carbocycles. The molecule has 0 atom stereocenters. The summed E-state index contributed by atoms with van der Waals surface area (Å²) in [6.45, 7) is 0. The van der Waals surface area contributed by atoms with Crippen molar-refractivity contribution in [2.45, 2.75) is 0 Å². The van der Waals surface area contributed by atoms with Crippen LogP contribution >= 0.6 is 0 Å². The maximum absolute atomic E-state index is 8.26. The minimum absolute atomic E-state index is 0. The molecule has 0 saturated carbocycles. The predicted molar refractivity (Wildman–Crippen MR) is 2.06 cm³/mol. The minimum atomic E-state index is 0. The first-order valence-corrected chi connectivity index (χ1v) is 0.986. The van der Waals surface area contributed by atoms with Crippen molar-refractivity contribution in [2.24, 2.45) is 0 Å². The van der Waals surface area contributed by atoms with Crippen LogP contribution in [0.5, 0.6) is 0 Å². The van der Waals surface area contributed by atoms with Gasteiger partial charge >= 0.3 is 40.5 Å². The molecule has 0 fully saturated rings. The molecule has 0 heterocycles. The van der Waals surface area contributed by atoms with Crippen LogP contribution < -0.4 is 0 Å². The third-order valence-electron chi connectivity index (χ3n) is 0. The van der Waals surface area contributed by atoms with Crippen LogP contribution in [0.2, 0.25) is 0 Å². The van der Waals surface area contributed by atoms with Gasteiger partial charge in [-0.3, -0.25) is 0 Å². The van der Waals surface area contributed by atoms with Crippen LogP contribution in [0.3, 0.4) is 0 Å². The Morgan fingerprint density at radius 3 is 1.00 bits per heavy atom. The quantitative estimate of drug-likeness (QED) is 0.538. The van der Waals surface area contributed by atoms with E-state index >= 15 is 0 Å². The molecule has 0 aromatic heterocycles. The van der Waals surface area contributed by atoms with Crippen LogP contribution in [0, 0.1) is 0 Å². The van der Waals surface area contributed by atoms with E-state index in [1.54, 1.807) is 0 Å². The molecule has 3 nitrogen and oxygen atoms in total. The summed E-state index contributed by atoms with van der Waals surface area (Å²) >= 11 is 0.700. The average Bonchev–Trinajstić information content (AvgIpc) is 1.00. The SMILES string of the molecule is [Cr+3].[O-2].[O-2].[O]=[Mo].[V]. The molecule has 0 aliphatic rings. The van der Waals surface area contributed by atoms with Gasteiger partial charge in [0.05, 0.1) is 0 Å². The van der Waals surface area contributed by atoms with Crippen molar-refractivity contribution >= 4 is 0 Å². The maximum atomic E-state index is 8.26. The van der Waals surface area contributed by atoms with Gasteiger partial charge < -0.3 is 11.0 Å². The third kappa shape index (κ3) is 48.6. The summed E-state index contributed by atoms with van der Waals surface area (Å²) in [5, 5.41) is 0. The second-order valence-corrected chi connectivity index (χ2v) is 0. The normalized spacial score (nSPS) is 0.667. The molecular weight excluding hydrogens is 247 g/mol. The second-order valence-electron chi connectivity index (χ2n) is 0. The molecule has 0 saturated heterocycles. The van der Waals surface area contributed by atoms with Crippen molar-refractivity contribution in [3.63, 3.8) is 0 Å². The molecule has 36 valence electrons. The van der Waals surface area contributed by atoms with Crippen LogP contribution in [0.15, 0.2) is 0 Å². The van der Waals surface area contributed by atoms with E-state index in [0.29, 0.717) is 19.8 Å². The van der Waals surface area contributed by atoms with Gasteiger partial charge in [0.25, 0.3) is 0 Å². The molecule has 0 N–H and O–H groups in total. The topological polar surface area (TPSA) is 74.1 Å². The van der Waals surface area contributed by atoms with Crippen LogP contribution in [0.1, 0.15) is 0 Å². The summed E-state index contributed by atoms with van der Waals surface area (Å²) in [7, 11) is 0. The van der Waals surface area contributed by atoms with Gasteiger partial charge in [0, 0.05) is 18.6 Å². The van der Waals surface area contributed by atoms with Crippen LogP contribution in [0.25, 0.3) is 0 Å². The van der Waals surface area contributed by atoms with E-state index in [-0.39, 0.29) is 46.9 Å². The number of hydrogen-bond donors (Lipinski definition) is 0. The van der Waals surface area contributed by atoms with E-state index in [2.05, 4.69) is 0 Å². The summed E-state index contributed by atoms with van der Waals surface area (Å²) in [5.74, 6) is 0. The van der Waals surface area contributed by atoms with Crippen molar-refractivity contribution in [1.29, 1.82) is 0 Å². The minimum Gasteiger partial charge on any atom is 0 e. The summed E-state index contributed by atoms with van der Waals surface area (Å²) in [4.78, 5) is 0. The standard InChI is InChI=1S/Cr.Mo.3O.V/q+3;;;2*-2;. The summed E-state index contributed by atoms with van der Waals surface area (Å²) in [5.41, 5.74) is 0. The van der Waals surface area contributed by atoms with Crippen molar-refractivity contribution < 1.29 is 70.0 Å². The molecule has 0 aliphatic carbocycles. The molecule has 0 spiro atoms. The number of rotatable bonds is 0. The predicted octanol–water partition coefficient (Wildman–Crippen LogP) is -0.364. The van der Waals surface area contributed by atoms with Crippen molar-refractivity contribution in [3.05, 3.63) is 0 Å². The summed E-state index contributed by atoms with van der Waals surface area (Å²) in [6.07, 6.45) is 0. The summed E-state index contributed by atoms with van der Waals surface area (Å²) < 4.78 is 8.26. The molecule has 0 unspecified atom stereocenters. The molecule has 0 aliphatic heterocycles. The zero-order valence-corrected chi connectivity index (χ0v) is 7.17. The van der Waals surface area contributed by atoms with Gasteiger partial charge in [-0.25, -0.2) is 0 Å². The van der Waals surface area contributed by atoms with E-state index in [9.17, 15) is 0 Å². The second kappa shape index (κ2) is 85.6. The van der Waals surface area contributed by atoms with E-state index < -0.39 is 0 Å². The third-order valence-corrected chi connectivity index (χ3v) is 0. The molecular formula is CrMoO3V-. The smallest absolute Gasteiger partial charge is 0 e. The van der Waals surface area contributed by atoms with Crippen LogP contribution in [-0.4, -0.2) is 0 Å². The fraction of sp³-hybridized carbons (Fsp3) is 0. The van der Waals surface area contributed by atoms with Gasteiger partial charge in [0.2, 0.25) is 0 Å². The van der Waals surface area contributed by atoms with Crippen molar-refractivity contribution in [3.8, 4) is 0 Å². The van der Waals surface area contributed by atoms with E-state index in [1.165, 1.54) is 0 Å². The first kappa shape index (κ1) is 50.2. The zero-order chi connectivity index (χ0) is 2.00. The largest absolute Gasteiger partial charge is 0 e. The molecule has 0 rings (SSSR count). The molecule has 2 radical (unpaired) electrons. The first-order chi connectivity index (χ1) is 1.00. The molecule has 0 bridgehead atoms. The van der Waals surface area contributed by atoms with E-state index in [0.717, 1.165) is 0 Å². The van der Waals surface area contributed by atoms with Gasteiger partial charge in [0.15, 0.2) is 0 Å². The molecule has 6 heavy (non-hydrogen) atoms. The Balaban J connectivity index is -0.000000000833. The van der Waals surface area contributed by atoms with Gasteiger partial charge in [-0.15, -0.1) is 0 Å². The van der Waals surface area contributed by atoms with Crippen molar-refractivity contribution in [2.75, 3.05) is 0 Å². The number of hydrogen-bond acceptors (Lipinski definition) is 1. The summed E-state index contributed by atoms with van der Waals surface area (Å²) in [6, 6.07) is 0. The Morgan fingerprint density at radius 2 is 1.00 bits per heavy atom. The molecule has 0 aromatic rings. The first-order valence-electron chi connectivity index (χ1n) is 0.167. The van der Waals surface area contributed by atoms with Crippen LogP contribution in [-0.2, 0) is 70.0 Å². The monoisotopic (exact) mass is 249 g/mol. The van der Waals surface area contributed by atoms with Crippen molar-refractivity contribution in [1.82, 2.24) is 0 Å². The van der Waals surface area contributed by atoms with Gasteiger partial charge in [-0.05, 0) is 0 Å². The van der Waals surface area contributed by atoms with Gasteiger partial charge in [-0.2, -0.15) is 0 Å². The van der Waals surface area contributed by atoms with Gasteiger partial charge in [0.1, 0.15) is 0 Å². The van der Waals surface area contributed by atoms with Gasteiger partial charge in [-0.1, -0.05) is 0 Å². The fourth-order valence-corrected chi connectivity index (χ4v) is 0. The fourth-order valence-electron chi connectivity index (χ4n) is 0. The van der Waals surface area contributed by atoms with E-state index in [4.69, 9.17) is 3.40 Å². The van der Waals surface area contributed by atoms with Crippen LogP contribution in [0.4, 0.5) is 0 Å². The van der Waals surface area contributed by atoms with E-state index in [1.807, 2.05) is 0 Å². The Hall–Kier alpha value is 1.53.